The highest BCUT2D eigenvalue weighted by molar-refractivity contribution is 7.18. The van der Waals surface area contributed by atoms with Crippen molar-refractivity contribution < 1.29 is 9.59 Å². The normalized spacial score (nSPS) is 15.1. The van der Waals surface area contributed by atoms with E-state index in [-0.39, 0.29) is 18.4 Å². The van der Waals surface area contributed by atoms with Crippen LogP contribution >= 0.6 is 11.3 Å². The van der Waals surface area contributed by atoms with Crippen LogP contribution in [-0.2, 0) is 11.2 Å². The summed E-state index contributed by atoms with van der Waals surface area (Å²) in [4.78, 5) is 28.9. The highest BCUT2D eigenvalue weighted by Crippen LogP contribution is 2.22. The van der Waals surface area contributed by atoms with Crippen LogP contribution < -0.4 is 5.32 Å². The van der Waals surface area contributed by atoms with E-state index in [2.05, 4.69) is 10.3 Å². The van der Waals surface area contributed by atoms with Crippen molar-refractivity contribution in [1.29, 1.82) is 0 Å². The summed E-state index contributed by atoms with van der Waals surface area (Å²) in [6.45, 7) is 0.979. The molecule has 2 heterocycles. The maximum Gasteiger partial charge on any atom is 0.324 e. The van der Waals surface area contributed by atoms with Gasteiger partial charge in [0.15, 0.2) is 0 Å². The number of para-hydroxylation sites is 1. The number of amides is 3. The molecule has 6 heteroatoms. The molecule has 1 aromatic carbocycles. The van der Waals surface area contributed by atoms with E-state index in [1.54, 1.807) is 0 Å². The number of benzene rings is 1. The molecule has 1 aliphatic rings. The molecule has 5 nitrogen and oxygen atoms in total. The lowest BCUT2D eigenvalue weighted by atomic mass is 10.3. The average Bonchev–Trinajstić information content (AvgIpc) is 2.94. The summed E-state index contributed by atoms with van der Waals surface area (Å²) in [5.74, 6) is -0.191. The van der Waals surface area contributed by atoms with Crippen molar-refractivity contribution in [2.45, 2.75) is 6.42 Å². The summed E-state index contributed by atoms with van der Waals surface area (Å²) in [5.41, 5.74) is 0.899. The predicted molar refractivity (Wildman–Crippen MR) is 68.4 cm³/mol. The lowest BCUT2D eigenvalue weighted by molar-refractivity contribution is -0.126. The van der Waals surface area contributed by atoms with E-state index in [4.69, 9.17) is 0 Å². The van der Waals surface area contributed by atoms with Crippen molar-refractivity contribution in [2.75, 3.05) is 13.1 Å². The van der Waals surface area contributed by atoms with Gasteiger partial charge >= 0.3 is 6.03 Å². The zero-order valence-corrected chi connectivity index (χ0v) is 10.4. The Morgan fingerprint density at radius 2 is 2.28 bits per heavy atom. The Hall–Kier alpha value is -1.95. The summed E-state index contributed by atoms with van der Waals surface area (Å²) in [7, 11) is 0. The molecule has 3 rings (SSSR count). The van der Waals surface area contributed by atoms with Gasteiger partial charge in [-0.3, -0.25) is 9.69 Å². The number of carbonyl (C=O) groups excluding carboxylic acids is 2. The Labute approximate surface area is 107 Å². The number of carbonyl (C=O) groups is 2. The van der Waals surface area contributed by atoms with E-state index in [1.165, 1.54) is 16.2 Å². The SMILES string of the molecule is O=C(Cc1nc2ccccc2s1)N1CCNC1=O. The van der Waals surface area contributed by atoms with Gasteiger partial charge in [0.05, 0.1) is 16.6 Å². The first kappa shape index (κ1) is 11.2. The molecule has 0 spiro atoms. The Kier molecular flexibility index (Phi) is 2.71. The van der Waals surface area contributed by atoms with Crippen molar-refractivity contribution in [3.05, 3.63) is 29.3 Å². The maximum absolute atomic E-state index is 11.9. The molecule has 18 heavy (non-hydrogen) atoms. The van der Waals surface area contributed by atoms with Crippen LogP contribution in [0.4, 0.5) is 4.79 Å². The third-order valence-corrected chi connectivity index (χ3v) is 3.83. The Morgan fingerprint density at radius 3 is 3.00 bits per heavy atom. The predicted octanol–water partition coefficient (Wildman–Crippen LogP) is 1.39. The number of nitrogens with one attached hydrogen (secondary N) is 1. The van der Waals surface area contributed by atoms with Gasteiger partial charge in [-0.15, -0.1) is 11.3 Å². The average molecular weight is 261 g/mol. The van der Waals surface area contributed by atoms with E-state index in [1.807, 2.05) is 24.3 Å². The largest absolute Gasteiger partial charge is 0.336 e. The lowest BCUT2D eigenvalue weighted by Gasteiger charge is -2.10. The van der Waals surface area contributed by atoms with E-state index in [9.17, 15) is 9.59 Å². The fourth-order valence-corrected chi connectivity index (χ4v) is 2.89. The molecular weight excluding hydrogens is 250 g/mol. The Morgan fingerprint density at radius 1 is 1.44 bits per heavy atom. The minimum absolute atomic E-state index is 0.187. The summed E-state index contributed by atoms with van der Waals surface area (Å²) in [6.07, 6.45) is 0.187. The van der Waals surface area contributed by atoms with Crippen LogP contribution in [0.1, 0.15) is 5.01 Å². The summed E-state index contributed by atoms with van der Waals surface area (Å²) >= 11 is 1.50. The van der Waals surface area contributed by atoms with Crippen LogP contribution in [0.25, 0.3) is 10.2 Å². The number of nitrogens with zero attached hydrogens (tertiary/aromatic N) is 2. The molecular formula is C12H11N3O2S. The number of aromatic nitrogens is 1. The second kappa shape index (κ2) is 4.38. The number of hydrogen-bond acceptors (Lipinski definition) is 4. The summed E-state index contributed by atoms with van der Waals surface area (Å²) in [6, 6.07) is 7.45. The molecule has 0 saturated carbocycles. The first-order valence-corrected chi connectivity index (χ1v) is 6.48. The monoisotopic (exact) mass is 261 g/mol. The van der Waals surface area contributed by atoms with Gasteiger partial charge < -0.3 is 5.32 Å². The van der Waals surface area contributed by atoms with Gasteiger partial charge in [0.25, 0.3) is 0 Å². The van der Waals surface area contributed by atoms with Gasteiger partial charge in [-0.1, -0.05) is 12.1 Å². The minimum atomic E-state index is -0.305. The third kappa shape index (κ3) is 1.95. The van der Waals surface area contributed by atoms with Crippen molar-refractivity contribution in [3.8, 4) is 0 Å². The van der Waals surface area contributed by atoms with E-state index in [0.29, 0.717) is 13.1 Å². The Bertz CT molecular complexity index is 590. The van der Waals surface area contributed by atoms with Crippen LogP contribution in [0, 0.1) is 0 Å². The molecule has 0 radical (unpaired) electrons. The van der Waals surface area contributed by atoms with Crippen molar-refractivity contribution >= 4 is 33.5 Å². The smallest absolute Gasteiger partial charge is 0.324 e. The molecule has 1 aromatic heterocycles. The molecule has 0 bridgehead atoms. The highest BCUT2D eigenvalue weighted by atomic mass is 32.1. The number of thiazole rings is 1. The zero-order valence-electron chi connectivity index (χ0n) is 9.55. The molecule has 1 saturated heterocycles. The lowest BCUT2D eigenvalue weighted by Crippen LogP contribution is -2.35. The first-order chi connectivity index (χ1) is 8.74. The number of urea groups is 1. The van der Waals surface area contributed by atoms with E-state index >= 15 is 0 Å². The molecule has 3 amide bonds. The third-order valence-electron chi connectivity index (χ3n) is 2.80. The van der Waals surface area contributed by atoms with E-state index < -0.39 is 0 Å². The minimum Gasteiger partial charge on any atom is -0.336 e. The number of imide groups is 1. The van der Waals surface area contributed by atoms with Gasteiger partial charge in [0.2, 0.25) is 5.91 Å². The van der Waals surface area contributed by atoms with Gasteiger partial charge in [-0.2, -0.15) is 0 Å². The molecule has 92 valence electrons. The standard InChI is InChI=1S/C12H11N3O2S/c16-11(15-6-5-13-12(15)17)7-10-14-8-3-1-2-4-9(8)18-10/h1-4H,5-7H2,(H,13,17). The molecule has 1 fully saturated rings. The topological polar surface area (TPSA) is 62.3 Å². The maximum atomic E-state index is 11.9. The van der Waals surface area contributed by atoms with Crippen LogP contribution in [0.3, 0.4) is 0 Å². The van der Waals surface area contributed by atoms with Crippen LogP contribution in [0.15, 0.2) is 24.3 Å². The van der Waals surface area contributed by atoms with Gasteiger partial charge in [-0.05, 0) is 12.1 Å². The second-order valence-corrected chi connectivity index (χ2v) is 5.14. The first-order valence-electron chi connectivity index (χ1n) is 5.67. The molecule has 1 N–H and O–H groups in total. The van der Waals surface area contributed by atoms with Gasteiger partial charge in [0.1, 0.15) is 5.01 Å². The molecule has 0 aliphatic carbocycles. The molecule has 1 aliphatic heterocycles. The quantitative estimate of drug-likeness (QED) is 0.888. The summed E-state index contributed by atoms with van der Waals surface area (Å²) in [5, 5.41) is 3.36. The van der Waals surface area contributed by atoms with Crippen molar-refractivity contribution in [3.63, 3.8) is 0 Å². The molecule has 0 unspecified atom stereocenters. The second-order valence-electron chi connectivity index (χ2n) is 4.03. The number of rotatable bonds is 2. The van der Waals surface area contributed by atoms with Crippen LogP contribution in [-0.4, -0.2) is 34.9 Å². The zero-order chi connectivity index (χ0) is 12.5. The Balaban J connectivity index is 1.79. The fraction of sp³-hybridized carbons (Fsp3) is 0.250. The van der Waals surface area contributed by atoms with Crippen LogP contribution in [0.2, 0.25) is 0 Å². The van der Waals surface area contributed by atoms with Crippen molar-refractivity contribution in [1.82, 2.24) is 15.2 Å². The van der Waals surface area contributed by atoms with Crippen LogP contribution in [0.5, 0.6) is 0 Å². The number of fused-ring (bicyclic) bond motifs is 1. The molecule has 2 aromatic rings. The summed E-state index contributed by atoms with van der Waals surface area (Å²) < 4.78 is 1.06. The van der Waals surface area contributed by atoms with Gasteiger partial charge in [0, 0.05) is 13.1 Å². The number of hydrogen-bond donors (Lipinski definition) is 1. The molecule has 0 atom stereocenters. The van der Waals surface area contributed by atoms with E-state index in [0.717, 1.165) is 15.2 Å². The fourth-order valence-electron chi connectivity index (χ4n) is 1.93. The van der Waals surface area contributed by atoms with Gasteiger partial charge in [-0.25, -0.2) is 9.78 Å². The van der Waals surface area contributed by atoms with Crippen molar-refractivity contribution in [2.24, 2.45) is 0 Å². The highest BCUT2D eigenvalue weighted by Gasteiger charge is 2.26.